The number of rotatable bonds is 0. The average Bonchev–Trinajstić information content (AvgIpc) is 1.99. The fraction of sp³-hybridized carbons (Fsp3) is 0.909. The molecule has 2 heterocycles. The lowest BCUT2D eigenvalue weighted by Crippen LogP contribution is -2.54. The summed E-state index contributed by atoms with van der Waals surface area (Å²) in [5, 5.41) is 0. The van der Waals surface area contributed by atoms with Crippen LogP contribution in [0.25, 0.3) is 0 Å². The summed E-state index contributed by atoms with van der Waals surface area (Å²) in [7, 11) is 0. The van der Waals surface area contributed by atoms with Gasteiger partial charge in [0.25, 0.3) is 0 Å². The summed E-state index contributed by atoms with van der Waals surface area (Å²) in [6.45, 7) is 6.64. The van der Waals surface area contributed by atoms with Gasteiger partial charge in [-0.1, -0.05) is 0 Å². The van der Waals surface area contributed by atoms with Crippen molar-refractivity contribution < 1.29 is 9.53 Å². The third-order valence-electron chi connectivity index (χ3n) is 3.06. The first kappa shape index (κ1) is 9.81. The molecule has 0 aromatic heterocycles. The number of hydrogen-bond donors (Lipinski definition) is 0. The summed E-state index contributed by atoms with van der Waals surface area (Å²) >= 11 is 0. The van der Waals surface area contributed by atoms with Crippen LogP contribution in [0.5, 0.6) is 0 Å². The third kappa shape index (κ3) is 1.86. The van der Waals surface area contributed by atoms with Crippen molar-refractivity contribution in [2.45, 2.75) is 51.7 Å². The monoisotopic (exact) mass is 197 g/mol. The van der Waals surface area contributed by atoms with Crippen molar-refractivity contribution in [2.24, 2.45) is 5.92 Å². The zero-order valence-electron chi connectivity index (χ0n) is 9.25. The van der Waals surface area contributed by atoms with Gasteiger partial charge < -0.3 is 9.64 Å². The molecule has 1 aliphatic carbocycles. The minimum absolute atomic E-state index is 0.124. The molecular weight excluding hydrogens is 178 g/mol. The van der Waals surface area contributed by atoms with Crippen LogP contribution in [-0.2, 0) is 4.74 Å². The van der Waals surface area contributed by atoms with Crippen molar-refractivity contribution >= 4 is 6.09 Å². The molecule has 14 heavy (non-hydrogen) atoms. The lowest BCUT2D eigenvalue weighted by atomic mass is 9.74. The highest BCUT2D eigenvalue weighted by atomic mass is 16.6. The molecule has 0 aromatic rings. The van der Waals surface area contributed by atoms with Crippen molar-refractivity contribution in [1.82, 2.24) is 4.90 Å². The van der Waals surface area contributed by atoms with Gasteiger partial charge in [0.1, 0.15) is 5.60 Å². The van der Waals surface area contributed by atoms with Crippen molar-refractivity contribution in [1.29, 1.82) is 0 Å². The molecule has 0 aromatic carbocycles. The number of ether oxygens (including phenoxy) is 1. The quantitative estimate of drug-likeness (QED) is 0.597. The average molecular weight is 197 g/mol. The highest BCUT2D eigenvalue weighted by molar-refractivity contribution is 5.69. The zero-order chi connectivity index (χ0) is 10.3. The van der Waals surface area contributed by atoms with Crippen LogP contribution in [0, 0.1) is 5.92 Å². The topological polar surface area (TPSA) is 29.5 Å². The van der Waals surface area contributed by atoms with Gasteiger partial charge >= 0.3 is 6.09 Å². The number of hydrogen-bond acceptors (Lipinski definition) is 2. The number of nitrogens with zero attached hydrogens (tertiary/aromatic N) is 1. The van der Waals surface area contributed by atoms with Crippen LogP contribution >= 0.6 is 0 Å². The molecule has 2 aliphatic heterocycles. The maximum absolute atomic E-state index is 11.8. The van der Waals surface area contributed by atoms with Gasteiger partial charge in [0.2, 0.25) is 0 Å². The molecule has 0 spiro atoms. The Morgan fingerprint density at radius 3 is 2.43 bits per heavy atom. The summed E-state index contributed by atoms with van der Waals surface area (Å²) in [6.07, 6.45) is 3.43. The Morgan fingerprint density at radius 1 is 1.36 bits per heavy atom. The maximum atomic E-state index is 11.8. The standard InChI is InChI=1S/C11H19NO2/c1-11(2,3)14-10(13)12-5-4-8-6-9(12)7-8/h8-9H,4-7H2,1-3H3. The van der Waals surface area contributed by atoms with Crippen molar-refractivity contribution in [3.63, 3.8) is 0 Å². The van der Waals surface area contributed by atoms with E-state index in [4.69, 9.17) is 4.74 Å². The molecule has 80 valence electrons. The summed E-state index contributed by atoms with van der Waals surface area (Å²) < 4.78 is 5.36. The second-order valence-corrected chi connectivity index (χ2v) is 5.45. The molecule has 2 bridgehead atoms. The summed E-state index contributed by atoms with van der Waals surface area (Å²) in [4.78, 5) is 13.7. The Balaban J connectivity index is 1.91. The van der Waals surface area contributed by atoms with E-state index in [2.05, 4.69) is 0 Å². The van der Waals surface area contributed by atoms with Gasteiger partial charge in [-0.15, -0.1) is 0 Å². The second-order valence-electron chi connectivity index (χ2n) is 5.45. The van der Waals surface area contributed by atoms with E-state index in [9.17, 15) is 4.79 Å². The molecule has 2 saturated heterocycles. The molecule has 0 radical (unpaired) electrons. The molecule has 1 saturated carbocycles. The lowest BCUT2D eigenvalue weighted by molar-refractivity contribution is -0.0252. The van der Waals surface area contributed by atoms with Gasteiger partial charge in [-0.2, -0.15) is 0 Å². The van der Waals surface area contributed by atoms with E-state index in [1.807, 2.05) is 25.7 Å². The first-order valence-electron chi connectivity index (χ1n) is 5.45. The highest BCUT2D eigenvalue weighted by Gasteiger charge is 2.41. The van der Waals surface area contributed by atoms with Gasteiger partial charge in [-0.25, -0.2) is 4.79 Å². The normalized spacial score (nSPS) is 30.9. The SMILES string of the molecule is CC(C)(C)OC(=O)N1CCC2CC1C2. The smallest absolute Gasteiger partial charge is 0.410 e. The molecule has 0 N–H and O–H groups in total. The van der Waals surface area contributed by atoms with E-state index in [1.165, 1.54) is 12.8 Å². The minimum Gasteiger partial charge on any atom is -0.444 e. The molecule has 3 heteroatoms. The lowest BCUT2D eigenvalue weighted by Gasteiger charge is -2.48. The summed E-state index contributed by atoms with van der Waals surface area (Å²) in [5.41, 5.74) is -0.363. The highest BCUT2D eigenvalue weighted by Crippen LogP contribution is 2.39. The number of amides is 1. The van der Waals surface area contributed by atoms with Crippen molar-refractivity contribution in [2.75, 3.05) is 6.54 Å². The molecule has 3 aliphatic rings. The zero-order valence-corrected chi connectivity index (χ0v) is 9.25. The van der Waals surface area contributed by atoms with Crippen LogP contribution in [0.15, 0.2) is 0 Å². The molecule has 1 amide bonds. The van der Waals surface area contributed by atoms with Crippen LogP contribution in [0.1, 0.15) is 40.0 Å². The maximum Gasteiger partial charge on any atom is 0.410 e. The number of piperidine rings is 2. The molecule has 0 atom stereocenters. The second kappa shape index (κ2) is 3.14. The summed E-state index contributed by atoms with van der Waals surface area (Å²) in [5.74, 6) is 0.888. The minimum atomic E-state index is -0.363. The van der Waals surface area contributed by atoms with Crippen LogP contribution in [0.4, 0.5) is 4.79 Å². The van der Waals surface area contributed by atoms with Crippen LogP contribution in [0.2, 0.25) is 0 Å². The first-order chi connectivity index (χ1) is 6.46. The van der Waals surface area contributed by atoms with Gasteiger partial charge in [0.15, 0.2) is 0 Å². The van der Waals surface area contributed by atoms with Gasteiger partial charge in [-0.3, -0.25) is 0 Å². The molecule has 3 fully saturated rings. The van der Waals surface area contributed by atoms with Crippen LogP contribution in [0.3, 0.4) is 0 Å². The Kier molecular flexibility index (Phi) is 2.20. The van der Waals surface area contributed by atoms with E-state index in [1.54, 1.807) is 0 Å². The third-order valence-corrected chi connectivity index (χ3v) is 3.06. The Hall–Kier alpha value is -0.730. The summed E-state index contributed by atoms with van der Waals surface area (Å²) in [6, 6.07) is 0.476. The van der Waals surface area contributed by atoms with Crippen LogP contribution in [-0.4, -0.2) is 29.2 Å². The van der Waals surface area contributed by atoms with E-state index >= 15 is 0 Å². The fourth-order valence-corrected chi connectivity index (χ4v) is 2.26. The Labute approximate surface area is 85.4 Å². The fourth-order valence-electron chi connectivity index (χ4n) is 2.26. The van der Waals surface area contributed by atoms with Crippen molar-refractivity contribution in [3.8, 4) is 0 Å². The van der Waals surface area contributed by atoms with E-state index < -0.39 is 0 Å². The van der Waals surface area contributed by atoms with Gasteiger partial charge in [-0.05, 0) is 46.0 Å². The van der Waals surface area contributed by atoms with E-state index in [0.717, 1.165) is 18.9 Å². The first-order valence-corrected chi connectivity index (χ1v) is 5.45. The van der Waals surface area contributed by atoms with Gasteiger partial charge in [0, 0.05) is 12.6 Å². The van der Waals surface area contributed by atoms with Gasteiger partial charge in [0.05, 0.1) is 0 Å². The molecule has 3 rings (SSSR count). The Morgan fingerprint density at radius 2 is 2.00 bits per heavy atom. The van der Waals surface area contributed by atoms with E-state index in [-0.39, 0.29) is 11.7 Å². The van der Waals surface area contributed by atoms with Crippen LogP contribution < -0.4 is 0 Å². The molecule has 3 nitrogen and oxygen atoms in total. The molecule has 0 unspecified atom stereocenters. The number of carbonyl (C=O) groups excluding carboxylic acids is 1. The predicted octanol–water partition coefficient (Wildman–Crippen LogP) is 2.41. The van der Waals surface area contributed by atoms with Crippen molar-refractivity contribution in [3.05, 3.63) is 0 Å². The number of fused-ring (bicyclic) bond motifs is 2. The largest absolute Gasteiger partial charge is 0.444 e. The number of carbonyl (C=O) groups is 1. The molecular formula is C11H19NO2. The predicted molar refractivity (Wildman–Crippen MR) is 54.1 cm³/mol. The Bertz CT molecular complexity index is 235. The van der Waals surface area contributed by atoms with E-state index in [0.29, 0.717) is 6.04 Å².